The molecule has 0 amide bonds. The number of carbonyl (C=O) groups excluding carboxylic acids is 1. The Bertz CT molecular complexity index is 1000. The van der Waals surface area contributed by atoms with Crippen LogP contribution in [0.5, 0.6) is 5.75 Å². The summed E-state index contributed by atoms with van der Waals surface area (Å²) in [7, 11) is 0. The number of aryl methyl sites for hydroxylation is 1. The van der Waals surface area contributed by atoms with E-state index in [2.05, 4.69) is 47.2 Å². The molecule has 27 heavy (non-hydrogen) atoms. The summed E-state index contributed by atoms with van der Waals surface area (Å²) in [5.41, 5.74) is -0.0848. The number of nitrogens with one attached hydrogen (secondary N) is 1. The van der Waals surface area contributed by atoms with Crippen molar-refractivity contribution in [3.63, 3.8) is 0 Å². The van der Waals surface area contributed by atoms with Gasteiger partial charge in [0, 0.05) is 16.5 Å². The number of ether oxygens (including phenoxy) is 1. The molecule has 0 radical (unpaired) electrons. The molecule has 8 nitrogen and oxygen atoms in total. The van der Waals surface area contributed by atoms with Crippen molar-refractivity contribution < 1.29 is 14.6 Å². The second kappa shape index (κ2) is 9.38. The fourth-order valence-corrected chi connectivity index (χ4v) is 3.47. The van der Waals surface area contributed by atoms with Crippen molar-refractivity contribution in [1.29, 1.82) is 0 Å². The zero-order valence-electron chi connectivity index (χ0n) is 14.4. The van der Waals surface area contributed by atoms with Gasteiger partial charge in [0.05, 0.1) is 23.2 Å². The number of halogens is 2. The molecule has 0 aliphatic heterocycles. The summed E-state index contributed by atoms with van der Waals surface area (Å²) in [4.78, 5) is 24.2. The van der Waals surface area contributed by atoms with E-state index >= 15 is 0 Å². The predicted octanol–water partition coefficient (Wildman–Crippen LogP) is 3.30. The zero-order valence-corrected chi connectivity index (χ0v) is 18.4. The van der Waals surface area contributed by atoms with Crippen LogP contribution in [0.2, 0.25) is 0 Å². The third-order valence-electron chi connectivity index (χ3n) is 3.22. The van der Waals surface area contributed by atoms with Crippen molar-refractivity contribution in [2.75, 3.05) is 0 Å². The molecule has 0 atom stereocenters. The molecule has 1 aromatic heterocycles. The van der Waals surface area contributed by atoms with Gasteiger partial charge >= 0.3 is 5.97 Å². The minimum Gasteiger partial charge on any atom is -0.506 e. The molecule has 0 spiro atoms. The smallest absolute Gasteiger partial charge is 0.306 e. The van der Waals surface area contributed by atoms with Crippen molar-refractivity contribution in [2.24, 2.45) is 5.10 Å². The van der Waals surface area contributed by atoms with E-state index in [4.69, 9.17) is 17.0 Å². The summed E-state index contributed by atoms with van der Waals surface area (Å²) in [6.45, 7) is 3.49. The second-order valence-corrected chi connectivity index (χ2v) is 7.86. The van der Waals surface area contributed by atoms with Crippen LogP contribution in [0.3, 0.4) is 0 Å². The lowest BCUT2D eigenvalue weighted by Gasteiger charge is -2.07. The van der Waals surface area contributed by atoms with Crippen molar-refractivity contribution in [2.45, 2.75) is 32.8 Å². The first-order valence-corrected chi connectivity index (χ1v) is 9.81. The molecule has 0 saturated carbocycles. The quantitative estimate of drug-likeness (QED) is 0.344. The van der Waals surface area contributed by atoms with Crippen LogP contribution in [-0.2, 0) is 16.0 Å². The van der Waals surface area contributed by atoms with Crippen LogP contribution in [-0.4, -0.2) is 38.3 Å². The standard InChI is InChI=1S/C16H16Br2N4O4S/c1-8(2)26-13(23)4-3-12-15(25)22(16(27)21-20-12)19-7-9-5-10(17)6-11(18)14(9)24/h5-8,24H,3-4H2,1-2H3,(H,21,27)/b19-7+. The average molecular weight is 520 g/mol. The van der Waals surface area contributed by atoms with Gasteiger partial charge in [0.2, 0.25) is 4.77 Å². The molecule has 0 fully saturated rings. The molecule has 2 aromatic rings. The van der Waals surface area contributed by atoms with E-state index in [1.807, 2.05) is 0 Å². The lowest BCUT2D eigenvalue weighted by Crippen LogP contribution is -2.25. The number of benzene rings is 1. The molecule has 2 N–H and O–H groups in total. The first kappa shape index (κ1) is 21.5. The highest BCUT2D eigenvalue weighted by atomic mass is 79.9. The van der Waals surface area contributed by atoms with Crippen LogP contribution in [0.15, 0.2) is 31.0 Å². The fraction of sp³-hybridized carbons (Fsp3) is 0.312. The van der Waals surface area contributed by atoms with E-state index < -0.39 is 11.5 Å². The molecular weight excluding hydrogens is 504 g/mol. The van der Waals surface area contributed by atoms with Gasteiger partial charge in [-0.3, -0.25) is 14.7 Å². The Morgan fingerprint density at radius 3 is 2.85 bits per heavy atom. The molecule has 0 aliphatic carbocycles. The number of H-pyrrole nitrogens is 1. The molecular formula is C16H16Br2N4O4S. The summed E-state index contributed by atoms with van der Waals surface area (Å²) < 4.78 is 7.14. The van der Waals surface area contributed by atoms with Gasteiger partial charge in [0.25, 0.3) is 5.56 Å². The summed E-state index contributed by atoms with van der Waals surface area (Å²) in [6.07, 6.45) is 1.16. The van der Waals surface area contributed by atoms with Gasteiger partial charge in [-0.15, -0.1) is 0 Å². The molecule has 0 bridgehead atoms. The van der Waals surface area contributed by atoms with E-state index in [0.717, 1.165) is 4.68 Å². The largest absolute Gasteiger partial charge is 0.506 e. The Balaban J connectivity index is 2.29. The molecule has 0 aliphatic rings. The lowest BCUT2D eigenvalue weighted by molar-refractivity contribution is -0.147. The van der Waals surface area contributed by atoms with Crippen molar-refractivity contribution in [3.05, 3.63) is 47.5 Å². The van der Waals surface area contributed by atoms with E-state index in [1.54, 1.807) is 26.0 Å². The molecule has 0 unspecified atom stereocenters. The number of phenolic OH excluding ortho intramolecular Hbond substituents is 1. The number of aromatic hydroxyl groups is 1. The maximum atomic E-state index is 12.5. The summed E-state index contributed by atoms with van der Waals surface area (Å²) >= 11 is 11.6. The highest BCUT2D eigenvalue weighted by Gasteiger charge is 2.12. The third-order valence-corrected chi connectivity index (χ3v) is 4.55. The maximum absolute atomic E-state index is 12.5. The number of esters is 1. The van der Waals surface area contributed by atoms with Crippen LogP contribution in [0, 0.1) is 4.77 Å². The van der Waals surface area contributed by atoms with Crippen LogP contribution in [0.25, 0.3) is 0 Å². The van der Waals surface area contributed by atoms with Gasteiger partial charge in [-0.05, 0) is 54.1 Å². The highest BCUT2D eigenvalue weighted by Crippen LogP contribution is 2.30. The Labute approximate surface area is 176 Å². The number of hydrogen-bond acceptors (Lipinski definition) is 7. The topological polar surface area (TPSA) is 110 Å². The molecule has 1 aromatic carbocycles. The number of phenols is 1. The Kier molecular flexibility index (Phi) is 7.45. The number of rotatable bonds is 6. The zero-order chi connectivity index (χ0) is 20.1. The molecule has 1 heterocycles. The lowest BCUT2D eigenvalue weighted by atomic mass is 10.2. The Hall–Kier alpha value is -1.85. The van der Waals surface area contributed by atoms with E-state index in [-0.39, 0.29) is 35.2 Å². The summed E-state index contributed by atoms with van der Waals surface area (Å²) in [5, 5.41) is 20.5. The first-order chi connectivity index (χ1) is 12.7. The number of aromatic amines is 1. The SMILES string of the molecule is CC(C)OC(=O)CCc1n[nH]c(=S)n(/N=C/c2cc(Br)cc(Br)c2O)c1=O. The van der Waals surface area contributed by atoms with E-state index in [0.29, 0.717) is 14.5 Å². The average Bonchev–Trinajstić information content (AvgIpc) is 2.57. The normalized spacial score (nSPS) is 11.3. The number of hydrogen-bond donors (Lipinski definition) is 2. The second-order valence-electron chi connectivity index (χ2n) is 5.70. The van der Waals surface area contributed by atoms with Crippen molar-refractivity contribution in [3.8, 4) is 5.75 Å². The fourth-order valence-electron chi connectivity index (χ4n) is 2.04. The van der Waals surface area contributed by atoms with Gasteiger partial charge in [-0.25, -0.2) is 0 Å². The van der Waals surface area contributed by atoms with Gasteiger partial charge in [0.1, 0.15) is 11.4 Å². The van der Waals surface area contributed by atoms with Crippen LogP contribution in [0.4, 0.5) is 0 Å². The number of aromatic nitrogens is 3. The Morgan fingerprint density at radius 1 is 1.48 bits per heavy atom. The van der Waals surface area contributed by atoms with Gasteiger partial charge in [0.15, 0.2) is 0 Å². The van der Waals surface area contributed by atoms with Crippen LogP contribution in [0.1, 0.15) is 31.5 Å². The first-order valence-electron chi connectivity index (χ1n) is 7.81. The number of nitrogens with zero attached hydrogens (tertiary/aromatic N) is 3. The minimum atomic E-state index is -0.555. The molecule has 2 rings (SSSR count). The van der Waals surface area contributed by atoms with Crippen molar-refractivity contribution >= 4 is 56.3 Å². The van der Waals surface area contributed by atoms with E-state index in [9.17, 15) is 14.7 Å². The molecule has 0 saturated heterocycles. The summed E-state index contributed by atoms with van der Waals surface area (Å²) in [5.74, 6) is -0.455. The van der Waals surface area contributed by atoms with E-state index in [1.165, 1.54) is 6.21 Å². The van der Waals surface area contributed by atoms with Gasteiger partial charge < -0.3 is 9.84 Å². The van der Waals surface area contributed by atoms with Gasteiger partial charge in [-0.1, -0.05) is 15.9 Å². The van der Waals surface area contributed by atoms with Gasteiger partial charge in [-0.2, -0.15) is 14.9 Å². The van der Waals surface area contributed by atoms with Crippen molar-refractivity contribution in [1.82, 2.24) is 14.9 Å². The monoisotopic (exact) mass is 518 g/mol. The summed E-state index contributed by atoms with van der Waals surface area (Å²) in [6, 6.07) is 3.30. The molecule has 11 heteroatoms. The predicted molar refractivity (Wildman–Crippen MR) is 110 cm³/mol. The number of carbonyl (C=O) groups is 1. The third kappa shape index (κ3) is 5.81. The van der Waals surface area contributed by atoms with Crippen LogP contribution < -0.4 is 5.56 Å². The van der Waals surface area contributed by atoms with Crippen LogP contribution >= 0.6 is 44.1 Å². The molecule has 144 valence electrons. The maximum Gasteiger partial charge on any atom is 0.306 e. The highest BCUT2D eigenvalue weighted by molar-refractivity contribution is 9.11. The minimum absolute atomic E-state index is 0.00805. The Morgan fingerprint density at radius 2 is 2.19 bits per heavy atom.